The summed E-state index contributed by atoms with van der Waals surface area (Å²) in [6.45, 7) is 1.38. The zero-order valence-corrected chi connectivity index (χ0v) is 8.80. The van der Waals surface area contributed by atoms with Crippen molar-refractivity contribution < 1.29 is 0 Å². The predicted octanol–water partition coefficient (Wildman–Crippen LogP) is 0.318. The summed E-state index contributed by atoms with van der Waals surface area (Å²) < 4.78 is 3.92. The highest BCUT2D eigenvalue weighted by molar-refractivity contribution is 5.02. The Morgan fingerprint density at radius 1 is 1.47 bits per heavy atom. The molecule has 0 amide bonds. The highest BCUT2D eigenvalue weighted by Gasteiger charge is 2.01. The summed E-state index contributed by atoms with van der Waals surface area (Å²) in [6.07, 6.45) is 8.42. The van der Waals surface area contributed by atoms with Crippen LogP contribution >= 0.6 is 0 Å². The minimum atomic E-state index is 0.544. The van der Waals surface area contributed by atoms with E-state index in [0.717, 1.165) is 24.4 Å². The minimum Gasteiger partial charge on any atom is -0.338 e. The molecular weight excluding hydrogens is 190 g/mol. The Morgan fingerprint density at radius 2 is 2.33 bits per heavy atom. The van der Waals surface area contributed by atoms with Crippen molar-refractivity contribution in [2.75, 3.05) is 0 Å². The van der Waals surface area contributed by atoms with Crippen LogP contribution in [-0.4, -0.2) is 19.3 Å². The summed E-state index contributed by atoms with van der Waals surface area (Å²) in [5, 5.41) is 4.22. The van der Waals surface area contributed by atoms with E-state index in [9.17, 15) is 0 Å². The van der Waals surface area contributed by atoms with Gasteiger partial charge in [0.15, 0.2) is 0 Å². The first-order valence-electron chi connectivity index (χ1n) is 4.97. The SMILES string of the molecule is Cn1ccnc1CCn1cc(CN)cn1. The first kappa shape index (κ1) is 9.92. The van der Waals surface area contributed by atoms with E-state index in [-0.39, 0.29) is 0 Å². The number of aryl methyl sites for hydroxylation is 3. The van der Waals surface area contributed by atoms with Crippen molar-refractivity contribution in [1.82, 2.24) is 19.3 Å². The molecular formula is C10H15N5. The molecule has 0 fully saturated rings. The maximum absolute atomic E-state index is 5.51. The average Bonchev–Trinajstić information content (AvgIpc) is 2.84. The molecule has 5 heteroatoms. The Bertz CT molecular complexity index is 428. The van der Waals surface area contributed by atoms with Gasteiger partial charge < -0.3 is 10.3 Å². The Kier molecular flexibility index (Phi) is 2.82. The second-order valence-corrected chi connectivity index (χ2v) is 3.52. The number of nitrogens with zero attached hydrogens (tertiary/aromatic N) is 4. The zero-order chi connectivity index (χ0) is 10.7. The van der Waals surface area contributed by atoms with Crippen molar-refractivity contribution in [2.45, 2.75) is 19.5 Å². The van der Waals surface area contributed by atoms with Crippen LogP contribution in [0.4, 0.5) is 0 Å². The maximum Gasteiger partial charge on any atom is 0.110 e. The van der Waals surface area contributed by atoms with E-state index in [2.05, 4.69) is 10.1 Å². The molecule has 15 heavy (non-hydrogen) atoms. The van der Waals surface area contributed by atoms with E-state index in [1.165, 1.54) is 0 Å². The van der Waals surface area contributed by atoms with Gasteiger partial charge in [-0.3, -0.25) is 4.68 Å². The topological polar surface area (TPSA) is 61.7 Å². The molecule has 0 bridgehead atoms. The molecule has 2 rings (SSSR count). The lowest BCUT2D eigenvalue weighted by molar-refractivity contribution is 0.589. The number of rotatable bonds is 4. The summed E-state index contributed by atoms with van der Waals surface area (Å²) in [6, 6.07) is 0. The maximum atomic E-state index is 5.51. The lowest BCUT2D eigenvalue weighted by Gasteiger charge is -2.01. The fraction of sp³-hybridized carbons (Fsp3) is 0.400. The van der Waals surface area contributed by atoms with Gasteiger partial charge in [0.25, 0.3) is 0 Å². The van der Waals surface area contributed by atoms with Crippen LogP contribution in [0.3, 0.4) is 0 Å². The van der Waals surface area contributed by atoms with E-state index in [1.807, 2.05) is 34.9 Å². The summed E-state index contributed by atoms with van der Waals surface area (Å²) in [5.41, 5.74) is 6.57. The van der Waals surface area contributed by atoms with Crippen LogP contribution in [0, 0.1) is 0 Å². The molecule has 5 nitrogen and oxygen atoms in total. The highest BCUT2D eigenvalue weighted by Crippen LogP contribution is 2.00. The van der Waals surface area contributed by atoms with Crippen LogP contribution in [0.2, 0.25) is 0 Å². The monoisotopic (exact) mass is 205 g/mol. The normalized spacial score (nSPS) is 10.8. The lowest BCUT2D eigenvalue weighted by atomic mass is 10.3. The average molecular weight is 205 g/mol. The van der Waals surface area contributed by atoms with Crippen molar-refractivity contribution in [2.24, 2.45) is 12.8 Å². The molecule has 2 heterocycles. The fourth-order valence-electron chi connectivity index (χ4n) is 1.49. The molecule has 0 aliphatic rings. The number of nitrogens with two attached hydrogens (primary N) is 1. The molecule has 0 aromatic carbocycles. The van der Waals surface area contributed by atoms with E-state index in [0.29, 0.717) is 6.54 Å². The molecule has 2 aromatic rings. The van der Waals surface area contributed by atoms with Crippen molar-refractivity contribution >= 4 is 0 Å². The van der Waals surface area contributed by atoms with E-state index >= 15 is 0 Å². The molecule has 2 aromatic heterocycles. The molecule has 0 unspecified atom stereocenters. The third-order valence-electron chi connectivity index (χ3n) is 2.41. The van der Waals surface area contributed by atoms with Crippen LogP contribution in [0.15, 0.2) is 24.8 Å². The molecule has 0 atom stereocenters. The Morgan fingerprint density at radius 3 is 2.93 bits per heavy atom. The standard InChI is InChI=1S/C10H15N5/c1-14-5-3-12-10(14)2-4-15-8-9(6-11)7-13-15/h3,5,7-8H,2,4,6,11H2,1H3. The lowest BCUT2D eigenvalue weighted by Crippen LogP contribution is -2.06. The summed E-state index contributed by atoms with van der Waals surface area (Å²) >= 11 is 0. The van der Waals surface area contributed by atoms with Gasteiger partial charge in [0.05, 0.1) is 6.20 Å². The van der Waals surface area contributed by atoms with Crippen LogP contribution in [0.1, 0.15) is 11.4 Å². The van der Waals surface area contributed by atoms with E-state index in [1.54, 1.807) is 6.20 Å². The van der Waals surface area contributed by atoms with Gasteiger partial charge in [-0.15, -0.1) is 0 Å². The number of aromatic nitrogens is 4. The molecule has 0 aliphatic heterocycles. The van der Waals surface area contributed by atoms with Gasteiger partial charge in [0.2, 0.25) is 0 Å². The van der Waals surface area contributed by atoms with Crippen molar-refractivity contribution in [1.29, 1.82) is 0 Å². The van der Waals surface area contributed by atoms with Crippen LogP contribution < -0.4 is 5.73 Å². The molecule has 0 saturated carbocycles. The van der Waals surface area contributed by atoms with Crippen LogP contribution in [0.25, 0.3) is 0 Å². The van der Waals surface area contributed by atoms with Gasteiger partial charge in [0, 0.05) is 50.7 Å². The van der Waals surface area contributed by atoms with Gasteiger partial charge in [-0.25, -0.2) is 4.98 Å². The summed E-state index contributed by atoms with van der Waals surface area (Å²) in [7, 11) is 2.00. The minimum absolute atomic E-state index is 0.544. The largest absolute Gasteiger partial charge is 0.338 e. The zero-order valence-electron chi connectivity index (χ0n) is 8.80. The molecule has 80 valence electrons. The first-order chi connectivity index (χ1) is 7.29. The number of hydrogen-bond donors (Lipinski definition) is 1. The van der Waals surface area contributed by atoms with Gasteiger partial charge in [-0.05, 0) is 0 Å². The quantitative estimate of drug-likeness (QED) is 0.781. The molecule has 0 saturated heterocycles. The van der Waals surface area contributed by atoms with Crippen molar-refractivity contribution in [3.8, 4) is 0 Å². The Labute approximate surface area is 88.5 Å². The molecule has 0 aliphatic carbocycles. The van der Waals surface area contributed by atoms with Crippen molar-refractivity contribution in [3.05, 3.63) is 36.2 Å². The molecule has 0 spiro atoms. The highest BCUT2D eigenvalue weighted by atomic mass is 15.3. The third kappa shape index (κ3) is 2.24. The van der Waals surface area contributed by atoms with Gasteiger partial charge in [-0.1, -0.05) is 0 Å². The van der Waals surface area contributed by atoms with Crippen LogP contribution in [0.5, 0.6) is 0 Å². The Hall–Kier alpha value is -1.62. The second kappa shape index (κ2) is 4.27. The number of imidazole rings is 1. The smallest absolute Gasteiger partial charge is 0.110 e. The fourth-order valence-corrected chi connectivity index (χ4v) is 1.49. The van der Waals surface area contributed by atoms with Gasteiger partial charge in [-0.2, -0.15) is 5.10 Å². The molecule has 0 radical (unpaired) electrons. The predicted molar refractivity (Wildman–Crippen MR) is 57.0 cm³/mol. The van der Waals surface area contributed by atoms with E-state index < -0.39 is 0 Å². The second-order valence-electron chi connectivity index (χ2n) is 3.52. The summed E-state index contributed by atoms with van der Waals surface area (Å²) in [4.78, 5) is 4.25. The summed E-state index contributed by atoms with van der Waals surface area (Å²) in [5.74, 6) is 1.07. The van der Waals surface area contributed by atoms with Gasteiger partial charge in [0.1, 0.15) is 5.82 Å². The first-order valence-corrected chi connectivity index (χ1v) is 4.97. The van der Waals surface area contributed by atoms with Crippen LogP contribution in [-0.2, 0) is 26.6 Å². The number of hydrogen-bond acceptors (Lipinski definition) is 3. The van der Waals surface area contributed by atoms with Crippen molar-refractivity contribution in [3.63, 3.8) is 0 Å². The third-order valence-corrected chi connectivity index (χ3v) is 2.41. The molecule has 2 N–H and O–H groups in total. The Balaban J connectivity index is 1.96. The van der Waals surface area contributed by atoms with Gasteiger partial charge >= 0.3 is 0 Å². The van der Waals surface area contributed by atoms with E-state index in [4.69, 9.17) is 5.73 Å².